The van der Waals surface area contributed by atoms with E-state index in [1.165, 1.54) is 6.07 Å². The van der Waals surface area contributed by atoms with Gasteiger partial charge in [-0.3, -0.25) is 14.3 Å². The van der Waals surface area contributed by atoms with Gasteiger partial charge in [0.15, 0.2) is 0 Å². The molecule has 0 spiro atoms. The van der Waals surface area contributed by atoms with Gasteiger partial charge in [0.05, 0.1) is 28.6 Å². The molecule has 0 aliphatic carbocycles. The van der Waals surface area contributed by atoms with Crippen LogP contribution in [0.2, 0.25) is 5.02 Å². The molecule has 0 radical (unpaired) electrons. The molecule has 196 valence electrons. The molecular weight excluding hydrogens is 539 g/mol. The fourth-order valence-corrected chi connectivity index (χ4v) is 4.97. The molecule has 6 nitrogen and oxygen atoms in total. The van der Waals surface area contributed by atoms with E-state index in [0.717, 1.165) is 16.6 Å². The number of amides is 2. The highest BCUT2D eigenvalue weighted by molar-refractivity contribution is 7.99. The second-order valence-electron chi connectivity index (χ2n) is 8.34. The van der Waals surface area contributed by atoms with Crippen molar-refractivity contribution in [3.05, 3.63) is 81.6 Å². The lowest BCUT2D eigenvalue weighted by molar-refractivity contribution is -0.291. The standard InChI is InChI=1S/C24H20ClF5N4O2S/c1-14-11-15(12-34-8-7-19(32-34)23(26,27)24(28,29)30)5-6-18(14)31-21(35)16-3-2-4-17(25)20(16)22(36)33-9-10-37-13-33/h2-8,11H,9-10,12-13H2,1H3,(H,31,35). The van der Waals surface area contributed by atoms with Crippen LogP contribution in [0, 0.1) is 6.92 Å². The molecule has 1 aromatic heterocycles. The van der Waals surface area contributed by atoms with Crippen LogP contribution in [0.3, 0.4) is 0 Å². The minimum atomic E-state index is -5.75. The summed E-state index contributed by atoms with van der Waals surface area (Å²) in [5.74, 6) is -4.62. The van der Waals surface area contributed by atoms with Gasteiger partial charge in [-0.1, -0.05) is 29.8 Å². The van der Waals surface area contributed by atoms with Crippen LogP contribution in [0.1, 0.15) is 37.5 Å². The van der Waals surface area contributed by atoms with Crippen LogP contribution < -0.4 is 5.32 Å². The van der Waals surface area contributed by atoms with Gasteiger partial charge < -0.3 is 10.2 Å². The number of anilines is 1. The van der Waals surface area contributed by atoms with Crippen molar-refractivity contribution in [3.63, 3.8) is 0 Å². The Labute approximate surface area is 217 Å². The van der Waals surface area contributed by atoms with Crippen LogP contribution in [0.15, 0.2) is 48.7 Å². The number of thioether (sulfide) groups is 1. The third-order valence-electron chi connectivity index (χ3n) is 5.71. The fourth-order valence-electron chi connectivity index (χ4n) is 3.77. The third kappa shape index (κ3) is 5.59. The van der Waals surface area contributed by atoms with Crippen molar-refractivity contribution >= 4 is 40.9 Å². The Hall–Kier alpha value is -3.12. The maximum Gasteiger partial charge on any atom is 0.459 e. The van der Waals surface area contributed by atoms with Crippen molar-refractivity contribution < 1.29 is 31.5 Å². The second kappa shape index (κ2) is 10.3. The van der Waals surface area contributed by atoms with Gasteiger partial charge in [-0.2, -0.15) is 27.1 Å². The van der Waals surface area contributed by atoms with Crippen molar-refractivity contribution in [2.75, 3.05) is 23.5 Å². The summed E-state index contributed by atoms with van der Waals surface area (Å²) in [7, 11) is 0. The number of benzene rings is 2. The SMILES string of the molecule is Cc1cc(Cn2ccc(C(F)(F)C(F)(F)F)n2)ccc1NC(=O)c1cccc(Cl)c1C(=O)N1CCSC1. The summed E-state index contributed by atoms with van der Waals surface area (Å²) in [5, 5.41) is 6.29. The molecule has 0 unspecified atom stereocenters. The van der Waals surface area contributed by atoms with Crippen molar-refractivity contribution in [2.45, 2.75) is 25.6 Å². The van der Waals surface area contributed by atoms with E-state index in [4.69, 9.17) is 11.6 Å². The lowest BCUT2D eigenvalue weighted by atomic mass is 10.0. The summed E-state index contributed by atoms with van der Waals surface area (Å²) < 4.78 is 65.8. The Bertz CT molecular complexity index is 1340. The molecule has 37 heavy (non-hydrogen) atoms. The van der Waals surface area contributed by atoms with Gasteiger partial charge in [-0.25, -0.2) is 0 Å². The smallest absolute Gasteiger partial charge is 0.328 e. The van der Waals surface area contributed by atoms with E-state index in [9.17, 15) is 31.5 Å². The second-order valence-corrected chi connectivity index (χ2v) is 9.82. The zero-order valence-electron chi connectivity index (χ0n) is 19.3. The molecule has 2 heterocycles. The van der Waals surface area contributed by atoms with E-state index in [-0.39, 0.29) is 28.6 Å². The molecule has 4 rings (SSSR count). The highest BCUT2D eigenvalue weighted by atomic mass is 35.5. The third-order valence-corrected chi connectivity index (χ3v) is 6.99. The molecule has 3 aromatic rings. The van der Waals surface area contributed by atoms with Gasteiger partial charge >= 0.3 is 12.1 Å². The molecule has 1 aliphatic heterocycles. The number of nitrogens with zero attached hydrogens (tertiary/aromatic N) is 3. The van der Waals surface area contributed by atoms with E-state index in [0.29, 0.717) is 35.3 Å². The lowest BCUT2D eigenvalue weighted by Gasteiger charge is -2.18. The highest BCUT2D eigenvalue weighted by Gasteiger charge is 2.60. The van der Waals surface area contributed by atoms with Crippen LogP contribution >= 0.6 is 23.4 Å². The summed E-state index contributed by atoms with van der Waals surface area (Å²) in [6.07, 6.45) is -4.71. The first-order valence-corrected chi connectivity index (χ1v) is 12.5. The van der Waals surface area contributed by atoms with E-state index < -0.39 is 23.7 Å². The number of nitrogens with one attached hydrogen (secondary N) is 1. The minimum Gasteiger partial charge on any atom is -0.328 e. The molecule has 2 amide bonds. The number of carbonyl (C=O) groups is 2. The van der Waals surface area contributed by atoms with E-state index in [1.54, 1.807) is 53.9 Å². The number of halogens is 6. The van der Waals surface area contributed by atoms with Gasteiger partial charge in [-0.15, -0.1) is 11.8 Å². The van der Waals surface area contributed by atoms with E-state index in [2.05, 4.69) is 10.4 Å². The van der Waals surface area contributed by atoms with Crippen LogP contribution in [0.25, 0.3) is 0 Å². The first-order chi connectivity index (χ1) is 17.4. The summed E-state index contributed by atoms with van der Waals surface area (Å²) in [5.41, 5.74) is 0.431. The predicted molar refractivity (Wildman–Crippen MR) is 130 cm³/mol. The molecule has 1 fully saturated rings. The number of aryl methyl sites for hydroxylation is 1. The minimum absolute atomic E-state index is 0.0657. The van der Waals surface area contributed by atoms with Crippen LogP contribution in [-0.4, -0.2) is 50.8 Å². The number of rotatable bonds is 6. The topological polar surface area (TPSA) is 67.2 Å². The zero-order valence-corrected chi connectivity index (χ0v) is 20.9. The number of aromatic nitrogens is 2. The van der Waals surface area contributed by atoms with Crippen molar-refractivity contribution in [3.8, 4) is 0 Å². The molecule has 1 aliphatic rings. The molecule has 1 saturated heterocycles. The van der Waals surface area contributed by atoms with Gasteiger partial charge in [0.1, 0.15) is 5.69 Å². The Morgan fingerprint density at radius 1 is 1.14 bits per heavy atom. The Morgan fingerprint density at radius 3 is 2.54 bits per heavy atom. The van der Waals surface area contributed by atoms with E-state index in [1.807, 2.05) is 0 Å². The first kappa shape index (κ1) is 26.9. The summed E-state index contributed by atoms with van der Waals surface area (Å²) in [6, 6.07) is 10.0. The van der Waals surface area contributed by atoms with Gasteiger partial charge in [0.25, 0.3) is 11.8 Å². The Balaban J connectivity index is 1.50. The number of carbonyl (C=O) groups excluding carboxylic acids is 2. The van der Waals surface area contributed by atoms with E-state index >= 15 is 0 Å². The molecule has 0 atom stereocenters. The van der Waals surface area contributed by atoms with Crippen molar-refractivity contribution in [2.24, 2.45) is 0 Å². The first-order valence-electron chi connectivity index (χ1n) is 10.9. The average molecular weight is 559 g/mol. The zero-order chi connectivity index (χ0) is 27.0. The van der Waals surface area contributed by atoms with Crippen molar-refractivity contribution in [1.29, 1.82) is 0 Å². The highest BCUT2D eigenvalue weighted by Crippen LogP contribution is 2.43. The molecule has 13 heteroatoms. The molecular formula is C24H20ClF5N4O2S. The fraction of sp³-hybridized carbons (Fsp3) is 0.292. The normalized spacial score (nSPS) is 14.2. The molecule has 0 bridgehead atoms. The monoisotopic (exact) mass is 558 g/mol. The van der Waals surface area contributed by atoms with Crippen LogP contribution in [-0.2, 0) is 12.5 Å². The summed E-state index contributed by atoms with van der Waals surface area (Å²) in [4.78, 5) is 27.7. The molecule has 2 aromatic carbocycles. The molecule has 0 saturated carbocycles. The number of hydrogen-bond donors (Lipinski definition) is 1. The summed E-state index contributed by atoms with van der Waals surface area (Å²) in [6.45, 7) is 2.18. The number of alkyl halides is 5. The lowest BCUT2D eigenvalue weighted by Crippen LogP contribution is -2.34. The van der Waals surface area contributed by atoms with Gasteiger partial charge in [-0.05, 0) is 42.3 Å². The average Bonchev–Trinajstić information content (AvgIpc) is 3.52. The summed E-state index contributed by atoms with van der Waals surface area (Å²) >= 11 is 7.89. The quantitative estimate of drug-likeness (QED) is 0.380. The Morgan fingerprint density at radius 2 is 1.89 bits per heavy atom. The van der Waals surface area contributed by atoms with Crippen molar-refractivity contribution in [1.82, 2.24) is 14.7 Å². The number of hydrogen-bond acceptors (Lipinski definition) is 4. The Kier molecular flexibility index (Phi) is 7.52. The van der Waals surface area contributed by atoms with Gasteiger partial charge in [0.2, 0.25) is 0 Å². The van der Waals surface area contributed by atoms with Crippen LogP contribution in [0.4, 0.5) is 27.6 Å². The molecule has 1 N–H and O–H groups in total. The maximum atomic E-state index is 13.5. The largest absolute Gasteiger partial charge is 0.459 e. The van der Waals surface area contributed by atoms with Gasteiger partial charge in [0, 0.05) is 24.2 Å². The predicted octanol–water partition coefficient (Wildman–Crippen LogP) is 5.95. The maximum absolute atomic E-state index is 13.5. The van der Waals surface area contributed by atoms with Crippen LogP contribution in [0.5, 0.6) is 0 Å².